The third-order valence-corrected chi connectivity index (χ3v) is 3.44. The predicted octanol–water partition coefficient (Wildman–Crippen LogP) is 2.50. The fourth-order valence-electron chi connectivity index (χ4n) is 2.51. The van der Waals surface area contributed by atoms with Crippen molar-refractivity contribution in [2.45, 2.75) is 0 Å². The molecule has 0 saturated heterocycles. The van der Waals surface area contributed by atoms with Crippen molar-refractivity contribution in [1.82, 2.24) is 15.0 Å². The number of benzene rings is 2. The van der Waals surface area contributed by atoms with Crippen LogP contribution in [0.25, 0.3) is 32.7 Å². The Bertz CT molecular complexity index is 978. The van der Waals surface area contributed by atoms with Crippen LogP contribution in [-0.2, 0) is 0 Å². The molecule has 4 N–H and O–H groups in total. The van der Waals surface area contributed by atoms with Gasteiger partial charge in [-0.15, -0.1) is 0 Å². The van der Waals surface area contributed by atoms with Gasteiger partial charge in [-0.1, -0.05) is 30.3 Å². The van der Waals surface area contributed by atoms with Crippen molar-refractivity contribution in [3.63, 3.8) is 0 Å². The number of nitrogens with zero attached hydrogens (tertiary/aromatic N) is 3. The Morgan fingerprint density at radius 3 is 2.50 bits per heavy atom. The first kappa shape index (κ1) is 10.9. The summed E-state index contributed by atoms with van der Waals surface area (Å²) in [6, 6.07) is 14.2. The van der Waals surface area contributed by atoms with Gasteiger partial charge >= 0.3 is 0 Å². The van der Waals surface area contributed by atoms with Crippen LogP contribution in [-0.4, -0.2) is 15.0 Å². The van der Waals surface area contributed by atoms with E-state index in [0.29, 0.717) is 11.5 Å². The highest BCUT2D eigenvalue weighted by Crippen LogP contribution is 2.28. The maximum atomic E-state index is 5.92. The third-order valence-electron chi connectivity index (χ3n) is 3.44. The summed E-state index contributed by atoms with van der Waals surface area (Å²) in [5.41, 5.74) is 12.9. The molecule has 5 heteroatoms. The number of nitrogen functional groups attached to an aromatic ring is 2. The molecule has 0 unspecified atom stereocenters. The average molecular weight is 261 g/mol. The standard InChI is InChI=1S/C15H11N5/c16-13-11-7-10-9-4-2-1-3-8(9)5-6-12(10)18-14(11)20-15(17)19-13/h1-7H,(H4,16,17,18,19,20). The van der Waals surface area contributed by atoms with Crippen molar-refractivity contribution in [2.24, 2.45) is 0 Å². The van der Waals surface area contributed by atoms with E-state index in [0.717, 1.165) is 27.1 Å². The summed E-state index contributed by atoms with van der Waals surface area (Å²) in [4.78, 5) is 12.7. The highest BCUT2D eigenvalue weighted by atomic mass is 15.1. The predicted molar refractivity (Wildman–Crippen MR) is 81.2 cm³/mol. The van der Waals surface area contributed by atoms with Crippen molar-refractivity contribution in [1.29, 1.82) is 0 Å². The zero-order chi connectivity index (χ0) is 13.7. The number of rotatable bonds is 0. The minimum atomic E-state index is 0.141. The summed E-state index contributed by atoms with van der Waals surface area (Å²) in [5.74, 6) is 0.498. The van der Waals surface area contributed by atoms with E-state index in [2.05, 4.69) is 27.1 Å². The van der Waals surface area contributed by atoms with Gasteiger partial charge in [0.1, 0.15) is 5.82 Å². The number of anilines is 2. The van der Waals surface area contributed by atoms with E-state index in [1.807, 2.05) is 30.3 Å². The molecule has 0 aliphatic heterocycles. The molecule has 20 heavy (non-hydrogen) atoms. The van der Waals surface area contributed by atoms with Gasteiger partial charge in [-0.05, 0) is 22.9 Å². The summed E-state index contributed by atoms with van der Waals surface area (Å²) in [7, 11) is 0. The average Bonchev–Trinajstić information content (AvgIpc) is 2.45. The maximum absolute atomic E-state index is 5.92. The molecule has 0 fully saturated rings. The van der Waals surface area contributed by atoms with Gasteiger partial charge in [0.2, 0.25) is 5.95 Å². The minimum absolute atomic E-state index is 0.141. The Kier molecular flexibility index (Phi) is 2.06. The van der Waals surface area contributed by atoms with Crippen molar-refractivity contribution in [3.05, 3.63) is 42.5 Å². The Labute approximate surface area is 114 Å². The monoisotopic (exact) mass is 261 g/mol. The summed E-state index contributed by atoms with van der Waals surface area (Å²) in [6.07, 6.45) is 0. The van der Waals surface area contributed by atoms with Crippen LogP contribution >= 0.6 is 0 Å². The van der Waals surface area contributed by atoms with Crippen LogP contribution in [0.1, 0.15) is 0 Å². The van der Waals surface area contributed by atoms with E-state index in [-0.39, 0.29) is 5.95 Å². The molecule has 2 heterocycles. The van der Waals surface area contributed by atoms with Crippen molar-refractivity contribution < 1.29 is 0 Å². The van der Waals surface area contributed by atoms with Gasteiger partial charge < -0.3 is 11.5 Å². The van der Waals surface area contributed by atoms with Gasteiger partial charge in [0.05, 0.1) is 10.9 Å². The van der Waals surface area contributed by atoms with Crippen molar-refractivity contribution in [3.8, 4) is 0 Å². The molecule has 0 atom stereocenters. The summed E-state index contributed by atoms with van der Waals surface area (Å²) < 4.78 is 0. The largest absolute Gasteiger partial charge is 0.383 e. The number of hydrogen-bond acceptors (Lipinski definition) is 5. The maximum Gasteiger partial charge on any atom is 0.224 e. The van der Waals surface area contributed by atoms with Gasteiger partial charge in [-0.25, -0.2) is 4.98 Å². The normalized spacial score (nSPS) is 11.4. The Balaban J connectivity index is 2.24. The molecule has 0 aliphatic carbocycles. The van der Waals surface area contributed by atoms with E-state index >= 15 is 0 Å². The van der Waals surface area contributed by atoms with Gasteiger partial charge in [0.25, 0.3) is 0 Å². The molecule has 0 aliphatic rings. The molecule has 0 amide bonds. The first-order valence-electron chi connectivity index (χ1n) is 6.23. The molecule has 96 valence electrons. The van der Waals surface area contributed by atoms with Gasteiger partial charge in [-0.3, -0.25) is 0 Å². The smallest absolute Gasteiger partial charge is 0.224 e. The second kappa shape index (κ2) is 3.77. The van der Waals surface area contributed by atoms with E-state index in [9.17, 15) is 0 Å². The molecule has 5 nitrogen and oxygen atoms in total. The van der Waals surface area contributed by atoms with Crippen LogP contribution in [0.15, 0.2) is 42.5 Å². The second-order valence-corrected chi connectivity index (χ2v) is 4.68. The second-order valence-electron chi connectivity index (χ2n) is 4.68. The molecule has 0 bridgehead atoms. The quantitative estimate of drug-likeness (QED) is 0.375. The van der Waals surface area contributed by atoms with E-state index in [4.69, 9.17) is 11.5 Å². The van der Waals surface area contributed by atoms with Crippen LogP contribution in [0.3, 0.4) is 0 Å². The van der Waals surface area contributed by atoms with Crippen LogP contribution in [0.5, 0.6) is 0 Å². The highest BCUT2D eigenvalue weighted by molar-refractivity contribution is 6.10. The van der Waals surface area contributed by atoms with Crippen molar-refractivity contribution >= 4 is 44.5 Å². The van der Waals surface area contributed by atoms with Crippen LogP contribution in [0, 0.1) is 0 Å². The van der Waals surface area contributed by atoms with Crippen LogP contribution in [0.4, 0.5) is 11.8 Å². The van der Waals surface area contributed by atoms with Crippen molar-refractivity contribution in [2.75, 3.05) is 11.5 Å². The topological polar surface area (TPSA) is 90.7 Å². The number of fused-ring (bicyclic) bond motifs is 4. The van der Waals surface area contributed by atoms with Gasteiger partial charge in [-0.2, -0.15) is 9.97 Å². The Hall–Kier alpha value is -2.95. The minimum Gasteiger partial charge on any atom is -0.383 e. The molecule has 4 aromatic rings. The molecule has 0 saturated carbocycles. The van der Waals surface area contributed by atoms with E-state index in [1.165, 1.54) is 0 Å². The lowest BCUT2D eigenvalue weighted by molar-refractivity contribution is 1.22. The summed E-state index contributed by atoms with van der Waals surface area (Å²) in [6.45, 7) is 0. The van der Waals surface area contributed by atoms with Crippen LogP contribution < -0.4 is 11.5 Å². The number of pyridine rings is 1. The number of hydrogen-bond donors (Lipinski definition) is 2. The van der Waals surface area contributed by atoms with E-state index < -0.39 is 0 Å². The molecule has 0 spiro atoms. The molecule has 0 radical (unpaired) electrons. The van der Waals surface area contributed by atoms with Crippen LogP contribution in [0.2, 0.25) is 0 Å². The first-order valence-corrected chi connectivity index (χ1v) is 6.23. The van der Waals surface area contributed by atoms with Gasteiger partial charge in [0.15, 0.2) is 5.65 Å². The highest BCUT2D eigenvalue weighted by Gasteiger charge is 2.08. The zero-order valence-corrected chi connectivity index (χ0v) is 10.5. The fraction of sp³-hybridized carbons (Fsp3) is 0. The lowest BCUT2D eigenvalue weighted by Crippen LogP contribution is -2.01. The molecule has 2 aromatic carbocycles. The first-order chi connectivity index (χ1) is 9.72. The summed E-state index contributed by atoms with van der Waals surface area (Å²) >= 11 is 0. The lowest BCUT2D eigenvalue weighted by atomic mass is 10.0. The fourth-order valence-corrected chi connectivity index (χ4v) is 2.51. The third kappa shape index (κ3) is 1.46. The number of aromatic nitrogens is 3. The van der Waals surface area contributed by atoms with E-state index in [1.54, 1.807) is 0 Å². The SMILES string of the molecule is Nc1nc(N)c2cc3c(ccc4ccccc43)nc2n1. The molecule has 2 aromatic heterocycles. The molecular weight excluding hydrogens is 250 g/mol. The Morgan fingerprint density at radius 1 is 0.750 bits per heavy atom. The number of nitrogens with two attached hydrogens (primary N) is 2. The zero-order valence-electron chi connectivity index (χ0n) is 10.5. The molecular formula is C15H11N5. The lowest BCUT2D eigenvalue weighted by Gasteiger charge is -2.06. The Morgan fingerprint density at radius 2 is 1.60 bits per heavy atom. The molecule has 4 rings (SSSR count). The summed E-state index contributed by atoms with van der Waals surface area (Å²) in [5, 5.41) is 4.06. The van der Waals surface area contributed by atoms with Gasteiger partial charge in [0, 0.05) is 5.39 Å².